The van der Waals surface area contributed by atoms with Gasteiger partial charge in [0.15, 0.2) is 16.6 Å². The van der Waals surface area contributed by atoms with Crippen LogP contribution in [0.3, 0.4) is 0 Å². The highest BCUT2D eigenvalue weighted by molar-refractivity contribution is 7.15. The Morgan fingerprint density at radius 2 is 2.10 bits per heavy atom. The SMILES string of the molecule is O=c1cc(COc2ccc(F)c(F)c2)nc2sccn12. The lowest BCUT2D eigenvalue weighted by molar-refractivity contribution is 0.298. The molecule has 0 spiro atoms. The van der Waals surface area contributed by atoms with Crippen molar-refractivity contribution in [2.24, 2.45) is 0 Å². The Kier molecular flexibility index (Phi) is 3.19. The molecule has 20 heavy (non-hydrogen) atoms. The molecule has 0 aliphatic rings. The number of thiazole rings is 1. The molecular weight excluding hydrogens is 286 g/mol. The number of halogens is 2. The maximum atomic E-state index is 13.0. The quantitative estimate of drug-likeness (QED) is 0.746. The fraction of sp³-hybridized carbons (Fsp3) is 0.0769. The number of hydrogen-bond acceptors (Lipinski definition) is 4. The fourth-order valence-electron chi connectivity index (χ4n) is 1.69. The van der Waals surface area contributed by atoms with E-state index in [-0.39, 0.29) is 17.9 Å². The van der Waals surface area contributed by atoms with Gasteiger partial charge in [0.25, 0.3) is 5.56 Å². The van der Waals surface area contributed by atoms with E-state index in [1.807, 2.05) is 0 Å². The van der Waals surface area contributed by atoms with Crippen molar-refractivity contribution < 1.29 is 13.5 Å². The van der Waals surface area contributed by atoms with Crippen LogP contribution in [0.1, 0.15) is 5.69 Å². The van der Waals surface area contributed by atoms with Crippen molar-refractivity contribution >= 4 is 16.3 Å². The molecule has 0 aliphatic carbocycles. The molecule has 0 radical (unpaired) electrons. The Bertz CT molecular complexity index is 829. The van der Waals surface area contributed by atoms with Crippen molar-refractivity contribution in [2.45, 2.75) is 6.61 Å². The second-order valence-corrected chi connectivity index (χ2v) is 4.88. The first-order valence-electron chi connectivity index (χ1n) is 5.67. The summed E-state index contributed by atoms with van der Waals surface area (Å²) in [7, 11) is 0. The van der Waals surface area contributed by atoms with Crippen molar-refractivity contribution in [1.29, 1.82) is 0 Å². The average molecular weight is 294 g/mol. The molecular formula is C13H8F2N2O2S. The topological polar surface area (TPSA) is 43.6 Å². The van der Waals surface area contributed by atoms with Gasteiger partial charge in [-0.05, 0) is 12.1 Å². The molecule has 0 N–H and O–H groups in total. The maximum absolute atomic E-state index is 13.0. The first kappa shape index (κ1) is 12.7. The number of hydrogen-bond donors (Lipinski definition) is 0. The predicted molar refractivity (Wildman–Crippen MR) is 70.0 cm³/mol. The Morgan fingerprint density at radius 3 is 2.90 bits per heavy atom. The van der Waals surface area contributed by atoms with Crippen LogP contribution in [0.5, 0.6) is 5.75 Å². The summed E-state index contributed by atoms with van der Waals surface area (Å²) in [4.78, 5) is 16.5. The van der Waals surface area contributed by atoms with Crippen LogP contribution in [-0.4, -0.2) is 9.38 Å². The van der Waals surface area contributed by atoms with Crippen molar-refractivity contribution in [1.82, 2.24) is 9.38 Å². The molecule has 7 heteroatoms. The van der Waals surface area contributed by atoms with Gasteiger partial charge in [-0.3, -0.25) is 9.20 Å². The van der Waals surface area contributed by atoms with E-state index in [2.05, 4.69) is 4.98 Å². The summed E-state index contributed by atoms with van der Waals surface area (Å²) < 4.78 is 32.5. The summed E-state index contributed by atoms with van der Waals surface area (Å²) in [6, 6.07) is 4.59. The van der Waals surface area contributed by atoms with Gasteiger partial charge in [-0.1, -0.05) is 0 Å². The summed E-state index contributed by atoms with van der Waals surface area (Å²) in [5.74, 6) is -1.74. The van der Waals surface area contributed by atoms with Crippen LogP contribution in [0, 0.1) is 11.6 Å². The lowest BCUT2D eigenvalue weighted by atomic mass is 10.3. The van der Waals surface area contributed by atoms with E-state index in [1.54, 1.807) is 11.6 Å². The number of nitrogens with zero attached hydrogens (tertiary/aromatic N) is 2. The molecule has 0 amide bonds. The van der Waals surface area contributed by atoms with Crippen molar-refractivity contribution in [2.75, 3.05) is 0 Å². The highest BCUT2D eigenvalue weighted by Gasteiger charge is 2.06. The van der Waals surface area contributed by atoms with Gasteiger partial charge in [-0.2, -0.15) is 0 Å². The minimum absolute atomic E-state index is 0.00864. The first-order chi connectivity index (χ1) is 9.63. The van der Waals surface area contributed by atoms with Crippen LogP contribution in [-0.2, 0) is 6.61 Å². The van der Waals surface area contributed by atoms with Crippen LogP contribution in [0.4, 0.5) is 8.78 Å². The van der Waals surface area contributed by atoms with Gasteiger partial charge in [0.2, 0.25) is 0 Å². The normalized spacial score (nSPS) is 10.9. The second kappa shape index (κ2) is 5.01. The number of aromatic nitrogens is 2. The van der Waals surface area contributed by atoms with E-state index in [4.69, 9.17) is 4.74 Å². The molecule has 2 heterocycles. The van der Waals surface area contributed by atoms with E-state index in [9.17, 15) is 13.6 Å². The van der Waals surface area contributed by atoms with Gasteiger partial charge in [-0.15, -0.1) is 11.3 Å². The standard InChI is InChI=1S/C13H8F2N2O2S/c14-10-2-1-9(6-11(10)15)19-7-8-5-12(18)17-3-4-20-13(17)16-8/h1-6H,7H2. The maximum Gasteiger partial charge on any atom is 0.258 e. The van der Waals surface area contributed by atoms with Crippen molar-refractivity contribution in [3.8, 4) is 5.75 Å². The van der Waals surface area contributed by atoms with Crippen LogP contribution >= 0.6 is 11.3 Å². The van der Waals surface area contributed by atoms with E-state index >= 15 is 0 Å². The summed E-state index contributed by atoms with van der Waals surface area (Å²) >= 11 is 1.33. The zero-order valence-corrected chi connectivity index (χ0v) is 10.9. The van der Waals surface area contributed by atoms with Crippen LogP contribution in [0.15, 0.2) is 40.6 Å². The van der Waals surface area contributed by atoms with Gasteiger partial charge in [-0.25, -0.2) is 13.8 Å². The minimum atomic E-state index is -0.982. The molecule has 102 valence electrons. The predicted octanol–water partition coefficient (Wildman–Crippen LogP) is 2.61. The van der Waals surface area contributed by atoms with Crippen LogP contribution in [0.25, 0.3) is 4.96 Å². The molecule has 1 aromatic carbocycles. The highest BCUT2D eigenvalue weighted by atomic mass is 32.1. The van der Waals surface area contributed by atoms with E-state index in [0.717, 1.165) is 12.1 Å². The summed E-state index contributed by atoms with van der Waals surface area (Å²) in [6.07, 6.45) is 1.63. The third-order valence-electron chi connectivity index (χ3n) is 2.63. The van der Waals surface area contributed by atoms with Gasteiger partial charge >= 0.3 is 0 Å². The monoisotopic (exact) mass is 294 g/mol. The van der Waals surface area contributed by atoms with Crippen LogP contribution in [0.2, 0.25) is 0 Å². The minimum Gasteiger partial charge on any atom is -0.487 e. The molecule has 0 saturated heterocycles. The summed E-state index contributed by atoms with van der Waals surface area (Å²) in [5, 5.41) is 1.75. The second-order valence-electron chi connectivity index (χ2n) is 4.01. The van der Waals surface area contributed by atoms with E-state index < -0.39 is 11.6 Å². The molecule has 4 nitrogen and oxygen atoms in total. The molecule has 0 unspecified atom stereocenters. The molecule has 0 aliphatic heterocycles. The first-order valence-corrected chi connectivity index (χ1v) is 6.55. The Balaban J connectivity index is 1.82. The third kappa shape index (κ3) is 2.39. The van der Waals surface area contributed by atoms with Gasteiger partial charge in [0, 0.05) is 23.7 Å². The molecule has 0 saturated carbocycles. The molecule has 3 aromatic rings. The fourth-order valence-corrected chi connectivity index (χ4v) is 2.42. The molecule has 2 aromatic heterocycles. The van der Waals surface area contributed by atoms with Crippen molar-refractivity contribution in [3.63, 3.8) is 0 Å². The van der Waals surface area contributed by atoms with Gasteiger partial charge < -0.3 is 4.74 Å². The zero-order valence-electron chi connectivity index (χ0n) is 10.0. The third-order valence-corrected chi connectivity index (χ3v) is 3.39. The number of ether oxygens (including phenoxy) is 1. The van der Waals surface area contributed by atoms with Gasteiger partial charge in [0.1, 0.15) is 12.4 Å². The Morgan fingerprint density at radius 1 is 1.25 bits per heavy atom. The number of rotatable bonds is 3. The molecule has 0 bridgehead atoms. The van der Waals surface area contributed by atoms with Gasteiger partial charge in [0.05, 0.1) is 5.69 Å². The summed E-state index contributed by atoms with van der Waals surface area (Å²) in [5.41, 5.74) is 0.224. The Labute approximate surface area is 115 Å². The molecule has 0 atom stereocenters. The largest absolute Gasteiger partial charge is 0.487 e. The van der Waals surface area contributed by atoms with Crippen LogP contribution < -0.4 is 10.3 Å². The lowest BCUT2D eigenvalue weighted by Crippen LogP contribution is -2.14. The van der Waals surface area contributed by atoms with E-state index in [1.165, 1.54) is 27.9 Å². The molecule has 3 rings (SSSR count). The average Bonchev–Trinajstić information content (AvgIpc) is 2.89. The smallest absolute Gasteiger partial charge is 0.258 e. The highest BCUT2D eigenvalue weighted by Crippen LogP contribution is 2.16. The number of fused-ring (bicyclic) bond motifs is 1. The Hall–Kier alpha value is -2.28. The molecule has 0 fully saturated rings. The van der Waals surface area contributed by atoms with Crippen molar-refractivity contribution in [3.05, 3.63) is 63.5 Å². The zero-order chi connectivity index (χ0) is 14.1. The summed E-state index contributed by atoms with van der Waals surface area (Å²) in [6.45, 7) is 0.00864. The van der Waals surface area contributed by atoms with E-state index in [0.29, 0.717) is 10.7 Å². The number of benzene rings is 1. The lowest BCUT2D eigenvalue weighted by Gasteiger charge is -2.06.